The summed E-state index contributed by atoms with van der Waals surface area (Å²) < 4.78 is 0. The van der Waals surface area contributed by atoms with Gasteiger partial charge in [0.2, 0.25) is 0 Å². The van der Waals surface area contributed by atoms with E-state index in [0.717, 1.165) is 42.9 Å². The van der Waals surface area contributed by atoms with Crippen molar-refractivity contribution in [1.82, 2.24) is 4.98 Å². The fourth-order valence-electron chi connectivity index (χ4n) is 1.76. The van der Waals surface area contributed by atoms with E-state index in [0.29, 0.717) is 0 Å². The van der Waals surface area contributed by atoms with Gasteiger partial charge in [0.1, 0.15) is 5.82 Å². The van der Waals surface area contributed by atoms with E-state index in [9.17, 15) is 0 Å². The van der Waals surface area contributed by atoms with Crippen LogP contribution in [0.4, 0.5) is 5.82 Å². The standard InChI is InChI=1S/C13H22N2O2/c1-11-8-12(10-17)9-13(14-11)15(2)6-4-3-5-7-16/h8-9,16-17H,3-7,10H2,1-2H3. The normalized spacial score (nSPS) is 10.6. The van der Waals surface area contributed by atoms with Crippen LogP contribution in [0.2, 0.25) is 0 Å². The van der Waals surface area contributed by atoms with Crippen LogP contribution < -0.4 is 4.90 Å². The highest BCUT2D eigenvalue weighted by Crippen LogP contribution is 2.14. The molecule has 0 unspecified atom stereocenters. The monoisotopic (exact) mass is 238 g/mol. The van der Waals surface area contributed by atoms with Gasteiger partial charge in [-0.1, -0.05) is 0 Å². The van der Waals surface area contributed by atoms with Gasteiger partial charge in [0.05, 0.1) is 6.61 Å². The number of anilines is 1. The van der Waals surface area contributed by atoms with Crippen molar-refractivity contribution in [2.75, 3.05) is 25.1 Å². The molecular formula is C13H22N2O2. The summed E-state index contributed by atoms with van der Waals surface area (Å²) >= 11 is 0. The lowest BCUT2D eigenvalue weighted by Gasteiger charge is -2.19. The summed E-state index contributed by atoms with van der Waals surface area (Å²) in [6, 6.07) is 3.81. The molecule has 1 aromatic rings. The average molecular weight is 238 g/mol. The van der Waals surface area contributed by atoms with Crippen LogP contribution in [0.15, 0.2) is 12.1 Å². The number of pyridine rings is 1. The van der Waals surface area contributed by atoms with Gasteiger partial charge in [-0.2, -0.15) is 0 Å². The zero-order valence-electron chi connectivity index (χ0n) is 10.7. The van der Waals surface area contributed by atoms with E-state index >= 15 is 0 Å². The first-order valence-corrected chi connectivity index (χ1v) is 6.07. The number of aryl methyl sites for hydroxylation is 1. The van der Waals surface area contributed by atoms with Crippen LogP contribution in [-0.2, 0) is 6.61 Å². The topological polar surface area (TPSA) is 56.6 Å². The minimum Gasteiger partial charge on any atom is -0.396 e. The molecular weight excluding hydrogens is 216 g/mol. The Morgan fingerprint density at radius 3 is 2.59 bits per heavy atom. The molecule has 0 radical (unpaired) electrons. The third-order valence-electron chi connectivity index (χ3n) is 2.72. The van der Waals surface area contributed by atoms with Crippen LogP contribution in [0.1, 0.15) is 30.5 Å². The Hall–Kier alpha value is -1.13. The summed E-state index contributed by atoms with van der Waals surface area (Å²) in [5, 5.41) is 17.8. The molecule has 1 heterocycles. The van der Waals surface area contributed by atoms with Gasteiger partial charge < -0.3 is 15.1 Å². The molecule has 2 N–H and O–H groups in total. The van der Waals surface area contributed by atoms with Crippen molar-refractivity contribution in [2.24, 2.45) is 0 Å². The van der Waals surface area contributed by atoms with Crippen LogP contribution in [-0.4, -0.2) is 35.4 Å². The molecule has 0 aromatic carbocycles. The number of rotatable bonds is 7. The summed E-state index contributed by atoms with van der Waals surface area (Å²) in [5.41, 5.74) is 1.82. The number of unbranched alkanes of at least 4 members (excludes halogenated alkanes) is 2. The van der Waals surface area contributed by atoms with Crippen molar-refractivity contribution in [3.05, 3.63) is 23.4 Å². The molecule has 0 amide bonds. The first-order valence-electron chi connectivity index (χ1n) is 6.07. The van der Waals surface area contributed by atoms with Gasteiger partial charge >= 0.3 is 0 Å². The van der Waals surface area contributed by atoms with Gasteiger partial charge in [0.25, 0.3) is 0 Å². The molecule has 0 saturated carbocycles. The Bertz CT molecular complexity index is 342. The van der Waals surface area contributed by atoms with Gasteiger partial charge in [-0.25, -0.2) is 4.98 Å². The molecule has 0 aliphatic heterocycles. The Kier molecular flexibility index (Phi) is 5.94. The number of aromatic nitrogens is 1. The van der Waals surface area contributed by atoms with E-state index in [4.69, 9.17) is 10.2 Å². The zero-order valence-corrected chi connectivity index (χ0v) is 10.7. The summed E-state index contributed by atoms with van der Waals surface area (Å²) in [6.07, 6.45) is 2.93. The largest absolute Gasteiger partial charge is 0.396 e. The summed E-state index contributed by atoms with van der Waals surface area (Å²) in [7, 11) is 2.00. The molecule has 0 fully saturated rings. The number of hydrogen-bond acceptors (Lipinski definition) is 4. The summed E-state index contributed by atoms with van der Waals surface area (Å²) in [4.78, 5) is 6.53. The fraction of sp³-hybridized carbons (Fsp3) is 0.615. The predicted molar refractivity (Wildman–Crippen MR) is 69.1 cm³/mol. The first-order chi connectivity index (χ1) is 8.17. The number of aliphatic hydroxyl groups is 2. The minimum atomic E-state index is 0.0503. The maximum absolute atomic E-state index is 9.14. The Labute approximate surface area is 103 Å². The molecule has 1 rings (SSSR count). The van der Waals surface area contributed by atoms with Crippen LogP contribution in [0, 0.1) is 6.92 Å². The maximum atomic E-state index is 9.14. The molecule has 96 valence electrons. The van der Waals surface area contributed by atoms with Gasteiger partial charge in [0.15, 0.2) is 0 Å². The van der Waals surface area contributed by atoms with Crippen molar-refractivity contribution in [3.63, 3.8) is 0 Å². The van der Waals surface area contributed by atoms with Gasteiger partial charge in [-0.05, 0) is 43.9 Å². The molecule has 0 bridgehead atoms. The van der Waals surface area contributed by atoms with Crippen molar-refractivity contribution >= 4 is 5.82 Å². The van der Waals surface area contributed by atoms with Gasteiger partial charge in [0, 0.05) is 25.9 Å². The van der Waals surface area contributed by atoms with Crippen LogP contribution >= 0.6 is 0 Å². The lowest BCUT2D eigenvalue weighted by atomic mass is 10.2. The Morgan fingerprint density at radius 1 is 1.18 bits per heavy atom. The van der Waals surface area contributed by atoms with E-state index in [1.165, 1.54) is 0 Å². The molecule has 4 nitrogen and oxygen atoms in total. The smallest absolute Gasteiger partial charge is 0.128 e. The fourth-order valence-corrected chi connectivity index (χ4v) is 1.76. The maximum Gasteiger partial charge on any atom is 0.128 e. The third-order valence-corrected chi connectivity index (χ3v) is 2.72. The van der Waals surface area contributed by atoms with Crippen LogP contribution in [0.5, 0.6) is 0 Å². The van der Waals surface area contributed by atoms with E-state index < -0.39 is 0 Å². The zero-order chi connectivity index (χ0) is 12.7. The van der Waals surface area contributed by atoms with Crippen LogP contribution in [0.3, 0.4) is 0 Å². The molecule has 0 saturated heterocycles. The lowest BCUT2D eigenvalue weighted by molar-refractivity contribution is 0.281. The minimum absolute atomic E-state index is 0.0503. The first kappa shape index (κ1) is 13.9. The Balaban J connectivity index is 2.55. The van der Waals surface area contributed by atoms with Crippen molar-refractivity contribution in [1.29, 1.82) is 0 Å². The van der Waals surface area contributed by atoms with Crippen molar-refractivity contribution in [2.45, 2.75) is 32.8 Å². The predicted octanol–water partition coefficient (Wildman–Crippen LogP) is 1.48. The molecule has 0 atom stereocenters. The third kappa shape index (κ3) is 4.71. The lowest BCUT2D eigenvalue weighted by Crippen LogP contribution is -2.20. The van der Waals surface area contributed by atoms with Crippen LogP contribution in [0.25, 0.3) is 0 Å². The molecule has 1 aromatic heterocycles. The second-order valence-corrected chi connectivity index (χ2v) is 4.34. The van der Waals surface area contributed by atoms with E-state index in [-0.39, 0.29) is 13.2 Å². The SMILES string of the molecule is Cc1cc(CO)cc(N(C)CCCCCO)n1. The Morgan fingerprint density at radius 2 is 1.94 bits per heavy atom. The van der Waals surface area contributed by atoms with E-state index in [2.05, 4.69) is 9.88 Å². The van der Waals surface area contributed by atoms with Crippen molar-refractivity contribution < 1.29 is 10.2 Å². The number of aliphatic hydroxyl groups excluding tert-OH is 2. The molecule has 4 heteroatoms. The summed E-state index contributed by atoms with van der Waals surface area (Å²) in [5.74, 6) is 0.901. The summed E-state index contributed by atoms with van der Waals surface area (Å²) in [6.45, 7) is 3.17. The average Bonchev–Trinajstić information content (AvgIpc) is 2.33. The number of nitrogens with zero attached hydrogens (tertiary/aromatic N) is 2. The molecule has 0 aliphatic rings. The van der Waals surface area contributed by atoms with Gasteiger partial charge in [-0.15, -0.1) is 0 Å². The van der Waals surface area contributed by atoms with E-state index in [1.54, 1.807) is 0 Å². The van der Waals surface area contributed by atoms with Gasteiger partial charge in [-0.3, -0.25) is 0 Å². The highest BCUT2D eigenvalue weighted by Gasteiger charge is 2.04. The quantitative estimate of drug-likeness (QED) is 0.706. The molecule has 0 spiro atoms. The molecule has 0 aliphatic carbocycles. The highest BCUT2D eigenvalue weighted by molar-refractivity contribution is 5.41. The van der Waals surface area contributed by atoms with E-state index in [1.807, 2.05) is 26.1 Å². The second kappa shape index (κ2) is 7.25. The number of hydrogen-bond donors (Lipinski definition) is 2. The molecule has 17 heavy (non-hydrogen) atoms. The van der Waals surface area contributed by atoms with Crippen molar-refractivity contribution in [3.8, 4) is 0 Å². The second-order valence-electron chi connectivity index (χ2n) is 4.34. The highest BCUT2D eigenvalue weighted by atomic mass is 16.3.